The lowest BCUT2D eigenvalue weighted by Gasteiger charge is -2.47. The Morgan fingerprint density at radius 1 is 0.943 bits per heavy atom. The molecule has 2 fully saturated rings. The number of Topliss-reactive ketones (excluding diaryl/α,β-unsaturated/α-hetero) is 1. The van der Waals surface area contributed by atoms with Gasteiger partial charge in [-0.1, -0.05) is 68.2 Å². The summed E-state index contributed by atoms with van der Waals surface area (Å²) >= 11 is 0. The number of amides is 1. The maximum Gasteiger partial charge on any atom is 0.410 e. The van der Waals surface area contributed by atoms with Crippen LogP contribution in [0.1, 0.15) is 55.6 Å². The number of carbonyl (C=O) groups excluding carboxylic acids is 2. The van der Waals surface area contributed by atoms with Gasteiger partial charge in [0.2, 0.25) is 0 Å². The molecular formula is C30H35NO3Si. The third-order valence-electron chi connectivity index (χ3n) is 7.70. The van der Waals surface area contributed by atoms with Gasteiger partial charge in [0.1, 0.15) is 20.5 Å². The summed E-state index contributed by atoms with van der Waals surface area (Å²) in [5, 5.41) is 0. The number of rotatable bonds is 4. The molecule has 4 nitrogen and oxygen atoms in total. The van der Waals surface area contributed by atoms with Gasteiger partial charge in [-0.3, -0.25) is 4.79 Å². The van der Waals surface area contributed by atoms with Crippen molar-refractivity contribution in [2.75, 3.05) is 6.61 Å². The molecule has 2 saturated heterocycles. The predicted octanol–water partition coefficient (Wildman–Crippen LogP) is 6.41. The third kappa shape index (κ3) is 4.95. The number of ether oxygens (including phenoxy) is 1. The lowest BCUT2D eigenvalue weighted by molar-refractivity contribution is -0.125. The van der Waals surface area contributed by atoms with E-state index in [4.69, 9.17) is 4.74 Å². The number of ketones is 1. The van der Waals surface area contributed by atoms with Gasteiger partial charge in [0, 0.05) is 23.9 Å². The van der Waals surface area contributed by atoms with E-state index in [1.165, 1.54) is 22.3 Å². The van der Waals surface area contributed by atoms with Crippen LogP contribution in [0.25, 0.3) is 11.1 Å². The summed E-state index contributed by atoms with van der Waals surface area (Å²) in [6.07, 6.45) is 4.63. The van der Waals surface area contributed by atoms with Crippen LogP contribution in [-0.4, -0.2) is 43.5 Å². The Morgan fingerprint density at radius 3 is 2.09 bits per heavy atom. The van der Waals surface area contributed by atoms with Crippen LogP contribution in [0, 0.1) is 17.4 Å². The molecule has 5 rings (SSSR count). The van der Waals surface area contributed by atoms with Crippen molar-refractivity contribution < 1.29 is 14.3 Å². The lowest BCUT2D eigenvalue weighted by atomic mass is 9.76. The molecule has 2 heterocycles. The molecule has 35 heavy (non-hydrogen) atoms. The molecule has 2 unspecified atom stereocenters. The third-order valence-corrected chi connectivity index (χ3v) is 8.63. The highest BCUT2D eigenvalue weighted by Gasteiger charge is 2.43. The van der Waals surface area contributed by atoms with E-state index in [1.807, 2.05) is 4.90 Å². The van der Waals surface area contributed by atoms with Crippen molar-refractivity contribution in [3.05, 3.63) is 59.7 Å². The Balaban J connectivity index is 1.25. The Labute approximate surface area is 210 Å². The summed E-state index contributed by atoms with van der Waals surface area (Å²) < 4.78 is 6.00. The summed E-state index contributed by atoms with van der Waals surface area (Å²) in [6, 6.07) is 17.0. The molecule has 0 radical (unpaired) electrons. The lowest BCUT2D eigenvalue weighted by Crippen LogP contribution is -2.55. The van der Waals surface area contributed by atoms with Gasteiger partial charge in [-0.25, -0.2) is 4.79 Å². The van der Waals surface area contributed by atoms with Gasteiger partial charge in [0.25, 0.3) is 0 Å². The number of fused-ring (bicyclic) bond motifs is 5. The normalized spacial score (nSPS) is 23.1. The zero-order valence-corrected chi connectivity index (χ0v) is 22.0. The molecular weight excluding hydrogens is 450 g/mol. The second kappa shape index (κ2) is 9.66. The first-order chi connectivity index (χ1) is 16.8. The average Bonchev–Trinajstić information content (AvgIpc) is 3.14. The van der Waals surface area contributed by atoms with E-state index in [0.717, 1.165) is 32.1 Å². The summed E-state index contributed by atoms with van der Waals surface area (Å²) in [5.74, 6) is 3.47. The second-order valence-electron chi connectivity index (χ2n) is 11.3. The number of carbonyl (C=O) groups is 2. The molecule has 182 valence electrons. The average molecular weight is 486 g/mol. The van der Waals surface area contributed by atoms with Crippen LogP contribution in [-0.2, 0) is 9.53 Å². The maximum atomic E-state index is 13.4. The standard InChI is InChI=1S/C30H35NO3Si/c1-35(2,3)17-9-16-29(32)21-18-22-10-8-11-23(19-21)31(22)30(33)34-20-28-26-14-6-4-12-24(26)25-13-5-7-15-27(25)28/h4-7,12-15,21-23,28H,8,10-11,16,18-20H2,1-3H3. The van der Waals surface area contributed by atoms with E-state index < -0.39 is 8.07 Å². The van der Waals surface area contributed by atoms with Gasteiger partial charge >= 0.3 is 6.09 Å². The number of nitrogens with zero attached hydrogens (tertiary/aromatic N) is 1. The molecule has 5 heteroatoms. The molecule has 2 aromatic rings. The van der Waals surface area contributed by atoms with Gasteiger partial charge in [0.15, 0.2) is 0 Å². The van der Waals surface area contributed by atoms with Crippen molar-refractivity contribution in [2.24, 2.45) is 5.92 Å². The zero-order valence-electron chi connectivity index (χ0n) is 21.0. The van der Waals surface area contributed by atoms with Crippen LogP contribution in [0.2, 0.25) is 19.6 Å². The first-order valence-corrected chi connectivity index (χ1v) is 16.5. The van der Waals surface area contributed by atoms with Gasteiger partial charge in [-0.2, -0.15) is 0 Å². The van der Waals surface area contributed by atoms with E-state index in [1.54, 1.807) is 0 Å². The first-order valence-electron chi connectivity index (χ1n) is 13.0. The molecule has 2 aromatic carbocycles. The van der Waals surface area contributed by atoms with E-state index in [-0.39, 0.29) is 35.8 Å². The van der Waals surface area contributed by atoms with Crippen molar-refractivity contribution in [2.45, 2.75) is 76.2 Å². The molecule has 0 N–H and O–H groups in total. The highest BCUT2D eigenvalue weighted by Crippen LogP contribution is 2.45. The number of hydrogen-bond donors (Lipinski definition) is 0. The topological polar surface area (TPSA) is 46.6 Å². The smallest absolute Gasteiger partial charge is 0.410 e. The molecule has 2 bridgehead atoms. The predicted molar refractivity (Wildman–Crippen MR) is 142 cm³/mol. The van der Waals surface area contributed by atoms with Crippen molar-refractivity contribution >= 4 is 20.0 Å². The summed E-state index contributed by atoms with van der Waals surface area (Å²) in [5.41, 5.74) is 8.23. The number of benzene rings is 2. The van der Waals surface area contributed by atoms with E-state index in [9.17, 15) is 9.59 Å². The Hall–Kier alpha value is -2.84. The Bertz CT molecular complexity index is 1130. The van der Waals surface area contributed by atoms with E-state index >= 15 is 0 Å². The highest BCUT2D eigenvalue weighted by molar-refractivity contribution is 6.83. The maximum absolute atomic E-state index is 13.4. The van der Waals surface area contributed by atoms with Crippen molar-refractivity contribution in [1.82, 2.24) is 4.90 Å². The molecule has 0 saturated carbocycles. The van der Waals surface area contributed by atoms with Crippen molar-refractivity contribution in [3.63, 3.8) is 0 Å². The number of piperidine rings is 2. The summed E-state index contributed by atoms with van der Waals surface area (Å²) in [4.78, 5) is 28.2. The molecule has 2 aliphatic heterocycles. The Kier molecular flexibility index (Phi) is 6.59. The quantitative estimate of drug-likeness (QED) is 0.371. The van der Waals surface area contributed by atoms with Gasteiger partial charge < -0.3 is 9.64 Å². The fraction of sp³-hybridized carbons (Fsp3) is 0.467. The minimum atomic E-state index is -1.47. The van der Waals surface area contributed by atoms with Gasteiger partial charge in [-0.15, -0.1) is 11.5 Å². The van der Waals surface area contributed by atoms with Crippen LogP contribution < -0.4 is 0 Å². The first kappa shape index (κ1) is 23.9. The van der Waals surface area contributed by atoms with Crippen LogP contribution >= 0.6 is 0 Å². The van der Waals surface area contributed by atoms with Crippen LogP contribution in [0.15, 0.2) is 48.5 Å². The van der Waals surface area contributed by atoms with Crippen molar-refractivity contribution in [3.8, 4) is 22.6 Å². The second-order valence-corrected chi connectivity index (χ2v) is 16.1. The van der Waals surface area contributed by atoms with Crippen LogP contribution in [0.4, 0.5) is 4.79 Å². The largest absolute Gasteiger partial charge is 0.448 e. The molecule has 0 spiro atoms. The minimum Gasteiger partial charge on any atom is -0.448 e. The summed E-state index contributed by atoms with van der Waals surface area (Å²) in [6.45, 7) is 6.93. The van der Waals surface area contributed by atoms with Crippen LogP contribution in [0.5, 0.6) is 0 Å². The SMILES string of the molecule is C[Si](C)(C)C#CCC(=O)C1CC2CCCC(C1)N2C(=O)OCC1c2ccccc2-c2ccccc21. The monoisotopic (exact) mass is 485 g/mol. The van der Waals surface area contributed by atoms with Crippen molar-refractivity contribution in [1.29, 1.82) is 0 Å². The van der Waals surface area contributed by atoms with Gasteiger partial charge in [-0.05, 0) is 54.4 Å². The molecule has 1 amide bonds. The highest BCUT2D eigenvalue weighted by atomic mass is 28.3. The fourth-order valence-electron chi connectivity index (χ4n) is 6.15. The summed E-state index contributed by atoms with van der Waals surface area (Å²) in [7, 11) is -1.47. The Morgan fingerprint density at radius 2 is 1.51 bits per heavy atom. The molecule has 0 aromatic heterocycles. The van der Waals surface area contributed by atoms with Gasteiger partial charge in [0.05, 0.1) is 6.42 Å². The fourth-order valence-corrected chi connectivity index (χ4v) is 6.77. The molecule has 3 aliphatic rings. The van der Waals surface area contributed by atoms with Crippen LogP contribution in [0.3, 0.4) is 0 Å². The van der Waals surface area contributed by atoms with E-state index in [0.29, 0.717) is 13.0 Å². The minimum absolute atomic E-state index is 0.0128. The molecule has 1 aliphatic carbocycles. The zero-order chi connectivity index (χ0) is 24.6. The van der Waals surface area contributed by atoms with E-state index in [2.05, 4.69) is 79.6 Å². The molecule has 2 atom stereocenters. The number of hydrogen-bond acceptors (Lipinski definition) is 3.